The van der Waals surface area contributed by atoms with E-state index in [9.17, 15) is 18.0 Å². The molecular weight excluding hydrogens is 303 g/mol. The highest BCUT2D eigenvalue weighted by Crippen LogP contribution is 2.35. The Bertz CT molecular complexity index is 672. The lowest BCUT2D eigenvalue weighted by molar-refractivity contribution is -0.141. The normalized spacial score (nSPS) is 11.7. The van der Waals surface area contributed by atoms with Gasteiger partial charge in [-0.1, -0.05) is 29.3 Å². The van der Waals surface area contributed by atoms with Gasteiger partial charge in [0.2, 0.25) is 0 Å². The van der Waals surface area contributed by atoms with Crippen molar-refractivity contribution in [1.29, 1.82) is 0 Å². The number of aromatic nitrogens is 1. The topological polar surface area (TPSA) is 50.2 Å². The summed E-state index contributed by atoms with van der Waals surface area (Å²) in [5, 5.41) is 9.01. The number of thiazole rings is 1. The molecular formula is C14H12F3NO2S. The third-order valence-electron chi connectivity index (χ3n) is 2.77. The average molecular weight is 315 g/mol. The van der Waals surface area contributed by atoms with E-state index in [0.29, 0.717) is 11.3 Å². The Kier molecular flexibility index (Phi) is 4.04. The molecule has 2 aromatic rings. The molecule has 0 aliphatic heterocycles. The van der Waals surface area contributed by atoms with Gasteiger partial charge in [-0.25, -0.2) is 9.78 Å². The molecule has 0 aliphatic rings. The molecule has 0 aliphatic carbocycles. The maximum Gasteiger partial charge on any atom is 0.435 e. The number of carboxylic acids is 1. The summed E-state index contributed by atoms with van der Waals surface area (Å²) in [4.78, 5) is 13.6. The Labute approximate surface area is 123 Å². The summed E-state index contributed by atoms with van der Waals surface area (Å²) in [7, 11) is 0. The van der Waals surface area contributed by atoms with Gasteiger partial charge in [0, 0.05) is 6.42 Å². The first-order valence-electron chi connectivity index (χ1n) is 6.04. The number of halogens is 3. The molecule has 0 spiro atoms. The number of benzene rings is 1. The summed E-state index contributed by atoms with van der Waals surface area (Å²) in [6.45, 7) is 3.78. The molecule has 21 heavy (non-hydrogen) atoms. The minimum absolute atomic E-state index is 0.143. The van der Waals surface area contributed by atoms with E-state index in [-0.39, 0.29) is 11.4 Å². The highest BCUT2D eigenvalue weighted by Gasteiger charge is 2.39. The summed E-state index contributed by atoms with van der Waals surface area (Å²) in [5.41, 5.74) is 1.48. The van der Waals surface area contributed by atoms with Crippen molar-refractivity contribution in [2.45, 2.75) is 26.4 Å². The van der Waals surface area contributed by atoms with Crippen LogP contribution in [0.4, 0.5) is 13.2 Å². The van der Waals surface area contributed by atoms with Gasteiger partial charge in [-0.3, -0.25) is 0 Å². The second-order valence-corrected chi connectivity index (χ2v) is 5.84. The van der Waals surface area contributed by atoms with Crippen molar-refractivity contribution < 1.29 is 23.1 Å². The molecule has 1 aromatic carbocycles. The zero-order valence-corrected chi connectivity index (χ0v) is 12.1. The third kappa shape index (κ3) is 3.60. The fourth-order valence-corrected chi connectivity index (χ4v) is 3.08. The van der Waals surface area contributed by atoms with E-state index in [1.165, 1.54) is 0 Å². The third-order valence-corrected chi connectivity index (χ3v) is 3.81. The molecule has 112 valence electrons. The molecule has 2 rings (SSSR count). The van der Waals surface area contributed by atoms with Crippen molar-refractivity contribution >= 4 is 17.3 Å². The van der Waals surface area contributed by atoms with Gasteiger partial charge >= 0.3 is 12.1 Å². The molecule has 0 amide bonds. The first kappa shape index (κ1) is 15.5. The number of aryl methyl sites for hydroxylation is 2. The van der Waals surface area contributed by atoms with Crippen LogP contribution < -0.4 is 0 Å². The van der Waals surface area contributed by atoms with Crippen molar-refractivity contribution in [3.63, 3.8) is 0 Å². The van der Waals surface area contributed by atoms with E-state index >= 15 is 0 Å². The predicted octanol–water partition coefficient (Wildman–Crippen LogP) is 4.07. The molecule has 0 unspecified atom stereocenters. The SMILES string of the molecule is Cc1cc(C)cc(Cc2nc(C(F)(F)F)c(C(=O)O)s2)c1. The van der Waals surface area contributed by atoms with E-state index in [4.69, 9.17) is 5.11 Å². The first-order chi connectivity index (χ1) is 9.66. The minimum Gasteiger partial charge on any atom is -0.477 e. The van der Waals surface area contributed by atoms with Gasteiger partial charge < -0.3 is 5.11 Å². The lowest BCUT2D eigenvalue weighted by atomic mass is 10.1. The molecule has 0 fully saturated rings. The quantitative estimate of drug-likeness (QED) is 0.929. The van der Waals surface area contributed by atoms with Gasteiger partial charge in [0.15, 0.2) is 5.69 Å². The number of hydrogen-bond donors (Lipinski definition) is 1. The molecule has 1 N–H and O–H groups in total. The van der Waals surface area contributed by atoms with Crippen LogP contribution in [-0.2, 0) is 12.6 Å². The van der Waals surface area contributed by atoms with Gasteiger partial charge in [0.25, 0.3) is 0 Å². The molecule has 0 atom stereocenters. The van der Waals surface area contributed by atoms with E-state index in [0.717, 1.165) is 16.7 Å². The number of nitrogens with zero attached hydrogens (tertiary/aromatic N) is 1. The van der Waals surface area contributed by atoms with Crippen molar-refractivity contribution in [2.75, 3.05) is 0 Å². The molecule has 1 aromatic heterocycles. The smallest absolute Gasteiger partial charge is 0.435 e. The zero-order chi connectivity index (χ0) is 15.8. The van der Waals surface area contributed by atoms with E-state index < -0.39 is 22.7 Å². The van der Waals surface area contributed by atoms with E-state index in [1.54, 1.807) is 0 Å². The zero-order valence-electron chi connectivity index (χ0n) is 11.3. The summed E-state index contributed by atoms with van der Waals surface area (Å²) >= 11 is 0.570. The van der Waals surface area contributed by atoms with Crippen molar-refractivity contribution in [2.24, 2.45) is 0 Å². The lowest BCUT2D eigenvalue weighted by Crippen LogP contribution is -2.11. The summed E-state index contributed by atoms with van der Waals surface area (Å²) < 4.78 is 38.3. The summed E-state index contributed by atoms with van der Waals surface area (Å²) in [6, 6.07) is 5.65. The van der Waals surface area contributed by atoms with Crippen molar-refractivity contribution in [1.82, 2.24) is 4.98 Å². The van der Waals surface area contributed by atoms with Gasteiger partial charge in [0.1, 0.15) is 4.88 Å². The summed E-state index contributed by atoms with van der Waals surface area (Å²) in [5.74, 6) is -1.61. The van der Waals surface area contributed by atoms with Gasteiger partial charge in [-0.15, -0.1) is 11.3 Å². The van der Waals surface area contributed by atoms with E-state index in [1.807, 2.05) is 32.0 Å². The fourth-order valence-electron chi connectivity index (χ4n) is 2.12. The Morgan fingerprint density at radius 2 is 1.81 bits per heavy atom. The number of rotatable bonds is 3. The standard InChI is InChI=1S/C14H12F3NO2S/c1-7-3-8(2)5-9(4-7)6-10-18-12(14(15,16)17)11(21-10)13(19)20/h3-5H,6H2,1-2H3,(H,19,20). The molecule has 0 saturated carbocycles. The Morgan fingerprint density at radius 1 is 1.24 bits per heavy atom. The van der Waals surface area contributed by atoms with Crippen molar-refractivity contribution in [3.05, 3.63) is 50.5 Å². The largest absolute Gasteiger partial charge is 0.477 e. The molecule has 1 heterocycles. The highest BCUT2D eigenvalue weighted by atomic mass is 32.1. The van der Waals surface area contributed by atoms with Crippen LogP contribution in [0.2, 0.25) is 0 Å². The number of hydrogen-bond acceptors (Lipinski definition) is 3. The van der Waals surface area contributed by atoms with Crippen LogP contribution in [0.25, 0.3) is 0 Å². The van der Waals surface area contributed by atoms with E-state index in [2.05, 4.69) is 4.98 Å². The molecule has 7 heteroatoms. The molecule has 0 bridgehead atoms. The van der Waals surface area contributed by atoms with Crippen molar-refractivity contribution in [3.8, 4) is 0 Å². The highest BCUT2D eigenvalue weighted by molar-refractivity contribution is 7.13. The first-order valence-corrected chi connectivity index (χ1v) is 6.86. The lowest BCUT2D eigenvalue weighted by Gasteiger charge is -2.03. The Morgan fingerprint density at radius 3 is 2.24 bits per heavy atom. The van der Waals surface area contributed by atoms with Crippen LogP contribution in [0.5, 0.6) is 0 Å². The van der Waals surface area contributed by atoms with Crippen LogP contribution in [-0.4, -0.2) is 16.1 Å². The molecule has 0 saturated heterocycles. The van der Waals surface area contributed by atoms with Gasteiger partial charge in [-0.2, -0.15) is 13.2 Å². The predicted molar refractivity (Wildman–Crippen MR) is 72.8 cm³/mol. The average Bonchev–Trinajstić information content (AvgIpc) is 2.71. The van der Waals surface area contributed by atoms with Crippen LogP contribution >= 0.6 is 11.3 Å². The molecule has 3 nitrogen and oxygen atoms in total. The second kappa shape index (κ2) is 5.48. The van der Waals surface area contributed by atoms with Crippen LogP contribution in [0.15, 0.2) is 18.2 Å². The summed E-state index contributed by atoms with van der Waals surface area (Å²) in [6.07, 6.45) is -4.57. The number of carbonyl (C=O) groups is 1. The number of aromatic carboxylic acids is 1. The Hall–Kier alpha value is -1.89. The Balaban J connectivity index is 2.39. The van der Waals surface area contributed by atoms with Crippen LogP contribution in [0.3, 0.4) is 0 Å². The second-order valence-electron chi connectivity index (χ2n) is 4.76. The monoisotopic (exact) mass is 315 g/mol. The molecule has 0 radical (unpaired) electrons. The van der Waals surface area contributed by atoms with Gasteiger partial charge in [0.05, 0.1) is 5.01 Å². The number of alkyl halides is 3. The maximum absolute atomic E-state index is 12.8. The van der Waals surface area contributed by atoms with Crippen LogP contribution in [0.1, 0.15) is 37.1 Å². The maximum atomic E-state index is 12.8. The fraction of sp³-hybridized carbons (Fsp3) is 0.286. The minimum atomic E-state index is -4.76. The van der Waals surface area contributed by atoms with Gasteiger partial charge in [-0.05, 0) is 19.4 Å². The van der Waals surface area contributed by atoms with Crippen LogP contribution in [0, 0.1) is 13.8 Å². The number of carboxylic acid groups (broad SMARTS) is 1.